The Balaban J connectivity index is 4.42. The van der Waals surface area contributed by atoms with Crippen molar-refractivity contribution in [3.8, 4) is 0 Å². The van der Waals surface area contributed by atoms with E-state index in [1.54, 1.807) is 14.2 Å². The van der Waals surface area contributed by atoms with Crippen molar-refractivity contribution in [1.82, 2.24) is 4.90 Å². The lowest BCUT2D eigenvalue weighted by Crippen LogP contribution is -2.50. The highest BCUT2D eigenvalue weighted by molar-refractivity contribution is 4.84. The lowest BCUT2D eigenvalue weighted by Gasteiger charge is -2.39. The van der Waals surface area contributed by atoms with Crippen molar-refractivity contribution in [1.29, 1.82) is 0 Å². The van der Waals surface area contributed by atoms with Gasteiger partial charge in [-0.05, 0) is 5.41 Å². The van der Waals surface area contributed by atoms with Gasteiger partial charge in [-0.2, -0.15) is 0 Å². The normalized spacial score (nSPS) is 14.4. The highest BCUT2D eigenvalue weighted by Crippen LogP contribution is 2.23. The monoisotopic (exact) mass is 232 g/mol. The zero-order valence-electron chi connectivity index (χ0n) is 11.5. The fraction of sp³-hybridized carbons (Fsp3) is 1.00. The van der Waals surface area contributed by atoms with E-state index in [1.807, 2.05) is 0 Å². The quantitative estimate of drug-likeness (QED) is 0.677. The van der Waals surface area contributed by atoms with Crippen LogP contribution in [0, 0.1) is 5.41 Å². The number of hydrogen-bond donors (Lipinski definition) is 1. The minimum absolute atomic E-state index is 0.177. The highest BCUT2D eigenvalue weighted by atomic mass is 16.5. The van der Waals surface area contributed by atoms with Gasteiger partial charge in [-0.1, -0.05) is 20.8 Å². The van der Waals surface area contributed by atoms with E-state index in [-0.39, 0.29) is 5.41 Å². The van der Waals surface area contributed by atoms with Crippen LogP contribution in [0.15, 0.2) is 0 Å². The van der Waals surface area contributed by atoms with Gasteiger partial charge in [0.1, 0.15) is 0 Å². The van der Waals surface area contributed by atoms with Gasteiger partial charge in [0.05, 0.1) is 13.2 Å². The van der Waals surface area contributed by atoms with E-state index in [0.717, 1.165) is 26.3 Å². The summed E-state index contributed by atoms with van der Waals surface area (Å²) in [5, 5.41) is 0. The standard InChI is InChI=1S/C12H28N2O2/c1-12(2,3)11(10-13)14(6-8-15-4)7-9-16-5/h11H,6-10,13H2,1-5H3. The molecule has 0 aromatic heterocycles. The molecular weight excluding hydrogens is 204 g/mol. The molecule has 4 nitrogen and oxygen atoms in total. The first kappa shape index (κ1) is 15.8. The molecule has 0 spiro atoms. The molecule has 0 aliphatic rings. The van der Waals surface area contributed by atoms with E-state index in [9.17, 15) is 0 Å². The number of nitrogens with two attached hydrogens (primary N) is 1. The molecule has 4 heteroatoms. The Morgan fingerprint density at radius 1 is 1.06 bits per heavy atom. The van der Waals surface area contributed by atoms with Crippen molar-refractivity contribution in [3.63, 3.8) is 0 Å². The van der Waals surface area contributed by atoms with E-state index in [4.69, 9.17) is 15.2 Å². The van der Waals surface area contributed by atoms with Crippen LogP contribution in [-0.4, -0.2) is 58.0 Å². The first-order chi connectivity index (χ1) is 7.47. The summed E-state index contributed by atoms with van der Waals surface area (Å²) in [4.78, 5) is 2.35. The SMILES string of the molecule is COCCN(CCOC)C(CN)C(C)(C)C. The maximum absolute atomic E-state index is 5.88. The van der Waals surface area contributed by atoms with Crippen molar-refractivity contribution in [2.75, 3.05) is 47.1 Å². The molecule has 0 saturated heterocycles. The molecular formula is C12H28N2O2. The molecule has 98 valence electrons. The molecule has 0 bridgehead atoms. The Morgan fingerprint density at radius 3 is 1.75 bits per heavy atom. The van der Waals surface area contributed by atoms with Crippen LogP contribution < -0.4 is 5.73 Å². The molecule has 0 aromatic rings. The van der Waals surface area contributed by atoms with E-state index >= 15 is 0 Å². The van der Waals surface area contributed by atoms with E-state index in [1.165, 1.54) is 0 Å². The zero-order chi connectivity index (χ0) is 12.6. The highest BCUT2D eigenvalue weighted by Gasteiger charge is 2.28. The zero-order valence-corrected chi connectivity index (χ0v) is 11.5. The molecule has 1 atom stereocenters. The van der Waals surface area contributed by atoms with Crippen LogP contribution in [0.25, 0.3) is 0 Å². The summed E-state index contributed by atoms with van der Waals surface area (Å²) < 4.78 is 10.3. The van der Waals surface area contributed by atoms with Gasteiger partial charge in [0.15, 0.2) is 0 Å². The van der Waals surface area contributed by atoms with Gasteiger partial charge in [0.25, 0.3) is 0 Å². The first-order valence-corrected chi connectivity index (χ1v) is 5.89. The van der Waals surface area contributed by atoms with Crippen LogP contribution in [-0.2, 0) is 9.47 Å². The Bertz CT molecular complexity index is 161. The van der Waals surface area contributed by atoms with Crippen molar-refractivity contribution in [2.45, 2.75) is 26.8 Å². The summed E-state index contributed by atoms with van der Waals surface area (Å²) in [6, 6.07) is 0.359. The number of hydrogen-bond acceptors (Lipinski definition) is 4. The molecule has 0 heterocycles. The fourth-order valence-electron chi connectivity index (χ4n) is 1.89. The average Bonchev–Trinajstić information content (AvgIpc) is 2.20. The lowest BCUT2D eigenvalue weighted by molar-refractivity contribution is 0.0492. The Morgan fingerprint density at radius 2 is 1.50 bits per heavy atom. The predicted octanol–water partition coefficient (Wildman–Crippen LogP) is 0.955. The summed E-state index contributed by atoms with van der Waals surface area (Å²) in [7, 11) is 3.45. The summed E-state index contributed by atoms with van der Waals surface area (Å²) in [6.45, 7) is 10.6. The van der Waals surface area contributed by atoms with Gasteiger partial charge in [0, 0.05) is 39.9 Å². The van der Waals surface area contributed by atoms with Gasteiger partial charge >= 0.3 is 0 Å². The molecule has 0 amide bonds. The molecule has 16 heavy (non-hydrogen) atoms. The topological polar surface area (TPSA) is 47.7 Å². The molecule has 0 aliphatic heterocycles. The van der Waals surface area contributed by atoms with Gasteiger partial charge in [-0.3, -0.25) is 4.90 Å². The lowest BCUT2D eigenvalue weighted by atomic mass is 9.85. The fourth-order valence-corrected chi connectivity index (χ4v) is 1.89. The van der Waals surface area contributed by atoms with Crippen molar-refractivity contribution < 1.29 is 9.47 Å². The number of methoxy groups -OCH3 is 2. The molecule has 0 rings (SSSR count). The van der Waals surface area contributed by atoms with Gasteiger partial charge in [0.2, 0.25) is 0 Å². The molecule has 0 fully saturated rings. The molecule has 2 N–H and O–H groups in total. The summed E-state index contributed by atoms with van der Waals surface area (Å²) in [6.07, 6.45) is 0. The predicted molar refractivity (Wildman–Crippen MR) is 67.6 cm³/mol. The van der Waals surface area contributed by atoms with Gasteiger partial charge in [-0.15, -0.1) is 0 Å². The second kappa shape index (κ2) is 8.01. The summed E-state index contributed by atoms with van der Waals surface area (Å²) in [5.41, 5.74) is 6.06. The molecule has 0 aromatic carbocycles. The summed E-state index contributed by atoms with van der Waals surface area (Å²) >= 11 is 0. The number of nitrogens with zero attached hydrogens (tertiary/aromatic N) is 1. The minimum Gasteiger partial charge on any atom is -0.383 e. The maximum atomic E-state index is 5.88. The van der Waals surface area contributed by atoms with E-state index in [2.05, 4.69) is 25.7 Å². The second-order valence-electron chi connectivity index (χ2n) is 5.14. The van der Waals surface area contributed by atoms with Crippen molar-refractivity contribution in [3.05, 3.63) is 0 Å². The van der Waals surface area contributed by atoms with Crippen molar-refractivity contribution >= 4 is 0 Å². The third-order valence-corrected chi connectivity index (χ3v) is 2.83. The van der Waals surface area contributed by atoms with Crippen LogP contribution >= 0.6 is 0 Å². The van der Waals surface area contributed by atoms with E-state index < -0.39 is 0 Å². The van der Waals surface area contributed by atoms with Gasteiger partial charge < -0.3 is 15.2 Å². The number of ether oxygens (including phenoxy) is 2. The van der Waals surface area contributed by atoms with Crippen LogP contribution in [0.1, 0.15) is 20.8 Å². The molecule has 0 radical (unpaired) electrons. The van der Waals surface area contributed by atoms with Gasteiger partial charge in [-0.25, -0.2) is 0 Å². The third-order valence-electron chi connectivity index (χ3n) is 2.83. The van der Waals surface area contributed by atoms with Crippen LogP contribution in [0.3, 0.4) is 0 Å². The molecule has 0 aliphatic carbocycles. The van der Waals surface area contributed by atoms with Crippen LogP contribution in [0.2, 0.25) is 0 Å². The van der Waals surface area contributed by atoms with E-state index in [0.29, 0.717) is 12.6 Å². The Labute approximate surface area is 100 Å². The Hall–Kier alpha value is -0.160. The second-order valence-corrected chi connectivity index (χ2v) is 5.14. The molecule has 0 saturated carbocycles. The summed E-state index contributed by atoms with van der Waals surface area (Å²) in [5.74, 6) is 0. The third kappa shape index (κ3) is 5.80. The largest absolute Gasteiger partial charge is 0.383 e. The average molecular weight is 232 g/mol. The smallest absolute Gasteiger partial charge is 0.0589 e. The van der Waals surface area contributed by atoms with Crippen LogP contribution in [0.4, 0.5) is 0 Å². The maximum Gasteiger partial charge on any atom is 0.0589 e. The molecule has 1 unspecified atom stereocenters. The minimum atomic E-state index is 0.177. The first-order valence-electron chi connectivity index (χ1n) is 5.89. The Kier molecular flexibility index (Phi) is 7.93. The van der Waals surface area contributed by atoms with Crippen molar-refractivity contribution in [2.24, 2.45) is 11.1 Å². The number of rotatable bonds is 8. The van der Waals surface area contributed by atoms with Crippen LogP contribution in [0.5, 0.6) is 0 Å².